The number of hydrogen-bond acceptors (Lipinski definition) is 3. The van der Waals surface area contributed by atoms with Crippen molar-refractivity contribution >= 4 is 11.9 Å². The van der Waals surface area contributed by atoms with Gasteiger partial charge in [0.15, 0.2) is 0 Å². The quantitative estimate of drug-likeness (QED) is 0.694. The van der Waals surface area contributed by atoms with E-state index in [1.54, 1.807) is 0 Å². The van der Waals surface area contributed by atoms with E-state index in [9.17, 15) is 0 Å². The summed E-state index contributed by atoms with van der Waals surface area (Å²) in [6.07, 6.45) is 1.98. The van der Waals surface area contributed by atoms with Gasteiger partial charge in [-0.05, 0) is 23.6 Å². The van der Waals surface area contributed by atoms with E-state index >= 15 is 0 Å². The fourth-order valence-electron chi connectivity index (χ4n) is 1.96. The smallest absolute Gasteiger partial charge is 0.0471 e. The molecule has 0 atom stereocenters. The standard InChI is InChI=1S/C16H18N2O/c17-11-15-7-6-13(8-9-19)10-16(15)18-12-14-4-2-1-3-5-14/h1-7,10-11,17-19H,8-9,12H2. The third-order valence-electron chi connectivity index (χ3n) is 3.00. The van der Waals surface area contributed by atoms with Crippen molar-refractivity contribution < 1.29 is 5.11 Å². The summed E-state index contributed by atoms with van der Waals surface area (Å²) in [6, 6.07) is 16.0. The van der Waals surface area contributed by atoms with Gasteiger partial charge in [0.25, 0.3) is 0 Å². The van der Waals surface area contributed by atoms with Crippen molar-refractivity contribution in [3.8, 4) is 0 Å². The van der Waals surface area contributed by atoms with E-state index < -0.39 is 0 Å². The minimum absolute atomic E-state index is 0.141. The SMILES string of the molecule is N=Cc1ccc(CCO)cc1NCc1ccccc1. The summed E-state index contributed by atoms with van der Waals surface area (Å²) in [5, 5.41) is 19.8. The first-order valence-electron chi connectivity index (χ1n) is 6.35. The lowest BCUT2D eigenvalue weighted by molar-refractivity contribution is 0.299. The zero-order valence-corrected chi connectivity index (χ0v) is 10.8. The maximum Gasteiger partial charge on any atom is 0.0471 e. The predicted molar refractivity (Wildman–Crippen MR) is 78.9 cm³/mol. The van der Waals surface area contributed by atoms with Crippen LogP contribution in [0.3, 0.4) is 0 Å². The summed E-state index contributed by atoms with van der Waals surface area (Å²) in [5.74, 6) is 0. The first-order valence-corrected chi connectivity index (χ1v) is 6.35. The molecule has 2 aromatic carbocycles. The largest absolute Gasteiger partial charge is 0.396 e. The van der Waals surface area contributed by atoms with Crippen molar-refractivity contribution in [2.45, 2.75) is 13.0 Å². The van der Waals surface area contributed by atoms with Gasteiger partial charge in [-0.3, -0.25) is 0 Å². The molecule has 0 heterocycles. The maximum atomic E-state index is 8.98. The van der Waals surface area contributed by atoms with Crippen LogP contribution in [0, 0.1) is 5.41 Å². The van der Waals surface area contributed by atoms with E-state index in [4.69, 9.17) is 10.5 Å². The molecule has 0 aliphatic carbocycles. The number of rotatable bonds is 6. The Hall–Kier alpha value is -2.13. The Labute approximate surface area is 113 Å². The number of hydrogen-bond donors (Lipinski definition) is 3. The number of nitrogens with one attached hydrogen (secondary N) is 2. The van der Waals surface area contributed by atoms with Crippen LogP contribution in [0.2, 0.25) is 0 Å². The van der Waals surface area contributed by atoms with Gasteiger partial charge in [-0.15, -0.1) is 0 Å². The number of aliphatic hydroxyl groups is 1. The molecule has 0 aliphatic rings. The van der Waals surface area contributed by atoms with Crippen molar-refractivity contribution in [2.75, 3.05) is 11.9 Å². The normalized spacial score (nSPS) is 10.2. The Balaban J connectivity index is 2.13. The molecule has 3 N–H and O–H groups in total. The van der Waals surface area contributed by atoms with Gasteiger partial charge in [0.2, 0.25) is 0 Å². The van der Waals surface area contributed by atoms with Gasteiger partial charge >= 0.3 is 0 Å². The lowest BCUT2D eigenvalue weighted by Gasteiger charge is -2.11. The summed E-state index contributed by atoms with van der Waals surface area (Å²) in [4.78, 5) is 0. The second-order valence-electron chi connectivity index (χ2n) is 4.38. The van der Waals surface area contributed by atoms with Crippen molar-refractivity contribution in [1.82, 2.24) is 0 Å². The third kappa shape index (κ3) is 3.66. The van der Waals surface area contributed by atoms with E-state index in [-0.39, 0.29) is 6.61 Å². The van der Waals surface area contributed by atoms with Crippen LogP contribution in [-0.4, -0.2) is 17.9 Å². The lowest BCUT2D eigenvalue weighted by Crippen LogP contribution is -2.03. The van der Waals surface area contributed by atoms with Crippen LogP contribution in [0.4, 0.5) is 5.69 Å². The van der Waals surface area contributed by atoms with Crippen LogP contribution in [0.1, 0.15) is 16.7 Å². The van der Waals surface area contributed by atoms with Crippen LogP contribution < -0.4 is 5.32 Å². The van der Waals surface area contributed by atoms with Gasteiger partial charge in [-0.25, -0.2) is 0 Å². The van der Waals surface area contributed by atoms with Crippen molar-refractivity contribution in [3.05, 3.63) is 65.2 Å². The van der Waals surface area contributed by atoms with E-state index in [2.05, 4.69) is 17.4 Å². The molecule has 2 rings (SSSR count). The molecule has 0 bridgehead atoms. The molecule has 0 spiro atoms. The predicted octanol–water partition coefficient (Wildman–Crippen LogP) is 2.83. The monoisotopic (exact) mass is 254 g/mol. The first kappa shape index (κ1) is 13.3. The number of aliphatic hydroxyl groups excluding tert-OH is 1. The maximum absolute atomic E-state index is 8.98. The molecule has 0 saturated carbocycles. The molecule has 0 aliphatic heterocycles. The minimum atomic E-state index is 0.141. The highest BCUT2D eigenvalue weighted by atomic mass is 16.2. The average Bonchev–Trinajstić information content (AvgIpc) is 2.47. The number of anilines is 1. The molecule has 0 aromatic heterocycles. The molecule has 98 valence electrons. The van der Waals surface area contributed by atoms with Crippen molar-refractivity contribution in [3.63, 3.8) is 0 Å². The Morgan fingerprint density at radius 2 is 1.84 bits per heavy atom. The van der Waals surface area contributed by atoms with Crippen LogP contribution >= 0.6 is 0 Å². The lowest BCUT2D eigenvalue weighted by atomic mass is 10.1. The van der Waals surface area contributed by atoms with Gasteiger partial charge < -0.3 is 15.8 Å². The zero-order chi connectivity index (χ0) is 13.5. The second kappa shape index (κ2) is 6.71. The highest BCUT2D eigenvalue weighted by molar-refractivity contribution is 5.86. The molecular weight excluding hydrogens is 236 g/mol. The molecule has 0 radical (unpaired) electrons. The summed E-state index contributed by atoms with van der Waals surface area (Å²) in [6.45, 7) is 0.867. The van der Waals surface area contributed by atoms with Crippen LogP contribution in [0.25, 0.3) is 0 Å². The molecule has 0 unspecified atom stereocenters. The average molecular weight is 254 g/mol. The van der Waals surface area contributed by atoms with Crippen LogP contribution in [0.15, 0.2) is 48.5 Å². The summed E-state index contributed by atoms with van der Waals surface area (Å²) < 4.78 is 0. The topological polar surface area (TPSA) is 56.1 Å². The first-order chi connectivity index (χ1) is 9.33. The molecule has 2 aromatic rings. The fourth-order valence-corrected chi connectivity index (χ4v) is 1.96. The van der Waals surface area contributed by atoms with Gasteiger partial charge in [-0.1, -0.05) is 42.5 Å². The molecule has 3 heteroatoms. The van der Waals surface area contributed by atoms with Crippen molar-refractivity contribution in [2.24, 2.45) is 0 Å². The fraction of sp³-hybridized carbons (Fsp3) is 0.188. The summed E-state index contributed by atoms with van der Waals surface area (Å²) >= 11 is 0. The third-order valence-corrected chi connectivity index (χ3v) is 3.00. The summed E-state index contributed by atoms with van der Waals surface area (Å²) in [7, 11) is 0. The Kier molecular flexibility index (Phi) is 4.70. The highest BCUT2D eigenvalue weighted by Gasteiger charge is 2.02. The molecule has 0 fully saturated rings. The Morgan fingerprint density at radius 1 is 1.05 bits per heavy atom. The van der Waals surface area contributed by atoms with E-state index in [0.717, 1.165) is 23.4 Å². The van der Waals surface area contributed by atoms with E-state index in [0.29, 0.717) is 6.42 Å². The second-order valence-corrected chi connectivity index (χ2v) is 4.38. The Morgan fingerprint density at radius 3 is 2.53 bits per heavy atom. The molecule has 0 amide bonds. The van der Waals surface area contributed by atoms with Gasteiger partial charge in [0, 0.05) is 30.6 Å². The van der Waals surface area contributed by atoms with Gasteiger partial charge in [0.05, 0.1) is 0 Å². The van der Waals surface area contributed by atoms with Crippen LogP contribution in [0.5, 0.6) is 0 Å². The Bertz CT molecular complexity index is 538. The zero-order valence-electron chi connectivity index (χ0n) is 10.8. The highest BCUT2D eigenvalue weighted by Crippen LogP contribution is 2.17. The minimum Gasteiger partial charge on any atom is -0.396 e. The molecular formula is C16H18N2O. The van der Waals surface area contributed by atoms with Crippen molar-refractivity contribution in [1.29, 1.82) is 5.41 Å². The van der Waals surface area contributed by atoms with E-state index in [1.807, 2.05) is 36.4 Å². The molecule has 0 saturated heterocycles. The number of benzene rings is 2. The summed E-state index contributed by atoms with van der Waals surface area (Å²) in [5.41, 5.74) is 4.07. The van der Waals surface area contributed by atoms with Gasteiger partial charge in [0.1, 0.15) is 0 Å². The van der Waals surface area contributed by atoms with Crippen LogP contribution in [-0.2, 0) is 13.0 Å². The molecule has 3 nitrogen and oxygen atoms in total. The molecule has 19 heavy (non-hydrogen) atoms. The van der Waals surface area contributed by atoms with E-state index in [1.165, 1.54) is 11.8 Å². The van der Waals surface area contributed by atoms with Gasteiger partial charge in [-0.2, -0.15) is 0 Å².